The molecule has 0 aliphatic carbocycles. The van der Waals surface area contributed by atoms with Gasteiger partial charge in [-0.1, -0.05) is 0 Å². The van der Waals surface area contributed by atoms with Crippen molar-refractivity contribution >= 4 is 28.6 Å². The molecule has 19 heavy (non-hydrogen) atoms. The summed E-state index contributed by atoms with van der Waals surface area (Å²) < 4.78 is 67.3. The Morgan fingerprint density at radius 3 is 2.47 bits per heavy atom. The van der Waals surface area contributed by atoms with Crippen molar-refractivity contribution in [3.8, 4) is 0 Å². The topological polar surface area (TPSA) is 39.2 Å². The number of esters is 1. The van der Waals surface area contributed by atoms with E-state index in [0.717, 1.165) is 7.11 Å². The number of ether oxygens (including phenoxy) is 1. The Hall–Kier alpha value is -1.00. The number of carbonyl (C=O) groups excluding carboxylic acids is 1. The number of aromatic nitrogens is 1. The van der Waals surface area contributed by atoms with Crippen LogP contribution < -0.4 is 0 Å². The van der Waals surface area contributed by atoms with E-state index in [1.807, 2.05) is 0 Å². The number of carbonyl (C=O) groups is 1. The van der Waals surface area contributed by atoms with Crippen molar-refractivity contribution in [2.75, 3.05) is 7.11 Å². The van der Waals surface area contributed by atoms with Gasteiger partial charge in [-0.3, -0.25) is 4.79 Å². The first kappa shape index (κ1) is 16.1. The van der Waals surface area contributed by atoms with E-state index >= 15 is 0 Å². The van der Waals surface area contributed by atoms with Crippen molar-refractivity contribution in [2.24, 2.45) is 0 Å². The standard InChI is InChI=1S/C10H7F5INO2/c1-19-7(18)3-6-5(10(13,14)15)2-4(8(11)12)9(16)17-6/h2,8H,3H2,1H3. The third-order valence-corrected chi connectivity index (χ3v) is 3.03. The maximum Gasteiger partial charge on any atom is 0.418 e. The van der Waals surface area contributed by atoms with Crippen LogP contribution in [0, 0.1) is 3.70 Å². The van der Waals surface area contributed by atoms with Gasteiger partial charge in [-0.15, -0.1) is 0 Å². The summed E-state index contributed by atoms with van der Waals surface area (Å²) in [6.45, 7) is 0. The van der Waals surface area contributed by atoms with Gasteiger partial charge in [-0.2, -0.15) is 13.2 Å². The van der Waals surface area contributed by atoms with Crippen molar-refractivity contribution in [1.82, 2.24) is 4.98 Å². The lowest BCUT2D eigenvalue weighted by atomic mass is 10.1. The average Bonchev–Trinajstić information content (AvgIpc) is 2.26. The van der Waals surface area contributed by atoms with Gasteiger partial charge in [-0.25, -0.2) is 13.8 Å². The van der Waals surface area contributed by atoms with Crippen LogP contribution in [0.15, 0.2) is 6.07 Å². The quantitative estimate of drug-likeness (QED) is 0.341. The highest BCUT2D eigenvalue weighted by Crippen LogP contribution is 2.35. The Kier molecular flexibility index (Phi) is 5.04. The van der Waals surface area contributed by atoms with Gasteiger partial charge in [0.05, 0.1) is 30.4 Å². The van der Waals surface area contributed by atoms with Crippen molar-refractivity contribution < 1.29 is 31.5 Å². The van der Waals surface area contributed by atoms with Crippen LogP contribution in [0.25, 0.3) is 0 Å². The number of methoxy groups -OCH3 is 1. The van der Waals surface area contributed by atoms with Crippen LogP contribution in [0.2, 0.25) is 0 Å². The summed E-state index contributed by atoms with van der Waals surface area (Å²) in [5.74, 6) is -0.932. The zero-order chi connectivity index (χ0) is 14.8. The Bertz CT molecular complexity index is 490. The third-order valence-electron chi connectivity index (χ3n) is 2.16. The molecule has 0 atom stereocenters. The Labute approximate surface area is 118 Å². The highest BCUT2D eigenvalue weighted by molar-refractivity contribution is 14.1. The first-order valence-corrected chi connectivity index (χ1v) is 5.86. The monoisotopic (exact) mass is 395 g/mol. The van der Waals surface area contributed by atoms with Gasteiger partial charge in [0.25, 0.3) is 6.43 Å². The minimum Gasteiger partial charge on any atom is -0.469 e. The van der Waals surface area contributed by atoms with Gasteiger partial charge in [0.1, 0.15) is 3.70 Å². The van der Waals surface area contributed by atoms with Gasteiger partial charge in [-0.05, 0) is 28.7 Å². The summed E-state index contributed by atoms with van der Waals surface area (Å²) in [5.41, 5.74) is -2.80. The summed E-state index contributed by atoms with van der Waals surface area (Å²) in [4.78, 5) is 14.4. The molecular weight excluding hydrogens is 388 g/mol. The molecule has 0 spiro atoms. The zero-order valence-corrected chi connectivity index (χ0v) is 11.6. The van der Waals surface area contributed by atoms with E-state index < -0.39 is 41.8 Å². The molecule has 0 N–H and O–H groups in total. The molecule has 0 aromatic carbocycles. The lowest BCUT2D eigenvalue weighted by Gasteiger charge is -2.14. The predicted octanol–water partition coefficient (Wildman–Crippen LogP) is 3.36. The highest BCUT2D eigenvalue weighted by atomic mass is 127. The van der Waals surface area contributed by atoms with E-state index in [0.29, 0.717) is 6.07 Å². The molecule has 3 nitrogen and oxygen atoms in total. The first-order chi connectivity index (χ1) is 8.66. The number of hydrogen-bond donors (Lipinski definition) is 0. The number of hydrogen-bond acceptors (Lipinski definition) is 3. The largest absolute Gasteiger partial charge is 0.469 e. The van der Waals surface area contributed by atoms with E-state index in [2.05, 4.69) is 9.72 Å². The number of halogens is 6. The predicted molar refractivity (Wildman–Crippen MR) is 62.6 cm³/mol. The van der Waals surface area contributed by atoms with Crippen LogP contribution in [0.5, 0.6) is 0 Å². The van der Waals surface area contributed by atoms with Crippen molar-refractivity contribution in [3.05, 3.63) is 26.6 Å². The van der Waals surface area contributed by atoms with E-state index in [9.17, 15) is 26.7 Å². The normalized spacial score (nSPS) is 11.8. The second-order valence-electron chi connectivity index (χ2n) is 3.41. The zero-order valence-electron chi connectivity index (χ0n) is 9.39. The van der Waals surface area contributed by atoms with E-state index in [1.54, 1.807) is 0 Å². The van der Waals surface area contributed by atoms with Crippen LogP contribution in [0.1, 0.15) is 23.2 Å². The molecule has 0 aliphatic heterocycles. The van der Waals surface area contributed by atoms with Gasteiger partial charge in [0, 0.05) is 0 Å². The fraction of sp³-hybridized carbons (Fsp3) is 0.400. The van der Waals surface area contributed by atoms with Gasteiger partial charge >= 0.3 is 12.1 Å². The molecule has 106 valence electrons. The Morgan fingerprint density at radius 2 is 2.05 bits per heavy atom. The van der Waals surface area contributed by atoms with Crippen LogP contribution in [-0.2, 0) is 22.1 Å². The van der Waals surface area contributed by atoms with Crippen LogP contribution in [0.4, 0.5) is 22.0 Å². The van der Waals surface area contributed by atoms with Gasteiger partial charge in [0.2, 0.25) is 0 Å². The van der Waals surface area contributed by atoms with E-state index in [-0.39, 0.29) is 3.70 Å². The summed E-state index contributed by atoms with van der Waals surface area (Å²) >= 11 is 1.39. The van der Waals surface area contributed by atoms with Crippen LogP contribution in [-0.4, -0.2) is 18.1 Å². The molecule has 1 heterocycles. The van der Waals surface area contributed by atoms with Crippen LogP contribution >= 0.6 is 22.6 Å². The van der Waals surface area contributed by atoms with E-state index in [4.69, 9.17) is 0 Å². The maximum atomic E-state index is 12.7. The molecule has 0 unspecified atom stereocenters. The summed E-state index contributed by atoms with van der Waals surface area (Å²) in [7, 11) is 1.01. The molecule has 0 fully saturated rings. The van der Waals surface area contributed by atoms with Crippen LogP contribution in [0.3, 0.4) is 0 Å². The molecule has 0 amide bonds. The smallest absolute Gasteiger partial charge is 0.418 e. The SMILES string of the molecule is COC(=O)Cc1nc(I)c(C(F)F)cc1C(F)(F)F. The lowest BCUT2D eigenvalue weighted by Crippen LogP contribution is -2.17. The molecule has 1 aromatic rings. The van der Waals surface area contributed by atoms with Gasteiger partial charge in [0.15, 0.2) is 0 Å². The van der Waals surface area contributed by atoms with Crippen molar-refractivity contribution in [3.63, 3.8) is 0 Å². The van der Waals surface area contributed by atoms with E-state index in [1.165, 1.54) is 22.6 Å². The van der Waals surface area contributed by atoms with Crippen molar-refractivity contribution in [2.45, 2.75) is 19.0 Å². The number of rotatable bonds is 3. The highest BCUT2D eigenvalue weighted by Gasteiger charge is 2.36. The number of pyridine rings is 1. The second-order valence-corrected chi connectivity index (χ2v) is 4.44. The summed E-state index contributed by atoms with van der Waals surface area (Å²) in [6, 6.07) is 0.317. The molecule has 0 radical (unpaired) electrons. The molecule has 0 bridgehead atoms. The molecule has 9 heteroatoms. The number of nitrogens with zero attached hydrogens (tertiary/aromatic N) is 1. The minimum atomic E-state index is -4.87. The molecule has 1 rings (SSSR count). The molecule has 0 aliphatic rings. The first-order valence-electron chi connectivity index (χ1n) is 4.78. The Balaban J connectivity index is 3.37. The fourth-order valence-electron chi connectivity index (χ4n) is 1.28. The molecular formula is C10H7F5INO2. The van der Waals surface area contributed by atoms with Crippen molar-refractivity contribution in [1.29, 1.82) is 0 Å². The lowest BCUT2D eigenvalue weighted by molar-refractivity contribution is -0.141. The molecule has 0 saturated carbocycles. The maximum absolute atomic E-state index is 12.7. The summed E-state index contributed by atoms with van der Waals surface area (Å²) in [6.07, 6.45) is -8.68. The minimum absolute atomic E-state index is 0.278. The Morgan fingerprint density at radius 1 is 1.47 bits per heavy atom. The molecule has 1 aromatic heterocycles. The third kappa shape index (κ3) is 3.98. The second kappa shape index (κ2) is 5.97. The summed E-state index contributed by atoms with van der Waals surface area (Å²) in [5, 5.41) is 0. The average molecular weight is 395 g/mol. The molecule has 0 saturated heterocycles. The van der Waals surface area contributed by atoms with Gasteiger partial charge < -0.3 is 4.74 Å². The number of alkyl halides is 5. The fourth-order valence-corrected chi connectivity index (χ4v) is 1.97.